The normalized spacial score (nSPS) is 13.8. The molecule has 1 aliphatic heterocycles. The predicted molar refractivity (Wildman–Crippen MR) is 67.4 cm³/mol. The van der Waals surface area contributed by atoms with E-state index in [9.17, 15) is 14.9 Å². The van der Waals surface area contributed by atoms with Gasteiger partial charge in [0.1, 0.15) is 5.56 Å². The van der Waals surface area contributed by atoms with Crippen LogP contribution < -0.4 is 0 Å². The van der Waals surface area contributed by atoms with Crippen LogP contribution in [0, 0.1) is 10.1 Å². The van der Waals surface area contributed by atoms with Crippen LogP contribution in [0.25, 0.3) is 0 Å². The zero-order chi connectivity index (χ0) is 13.1. The van der Waals surface area contributed by atoms with E-state index in [1.165, 1.54) is 6.07 Å². The molecule has 96 valence electrons. The van der Waals surface area contributed by atoms with Gasteiger partial charge in [-0.2, -0.15) is 0 Å². The van der Waals surface area contributed by atoms with Crippen molar-refractivity contribution in [3.8, 4) is 0 Å². The van der Waals surface area contributed by atoms with Gasteiger partial charge in [0.15, 0.2) is 0 Å². The third-order valence-corrected chi connectivity index (χ3v) is 3.22. The molecule has 0 fully saturated rings. The second-order valence-corrected chi connectivity index (χ2v) is 4.50. The summed E-state index contributed by atoms with van der Waals surface area (Å²) in [7, 11) is 0. The van der Waals surface area contributed by atoms with Crippen molar-refractivity contribution >= 4 is 11.6 Å². The summed E-state index contributed by atoms with van der Waals surface area (Å²) in [4.78, 5) is 24.3. The van der Waals surface area contributed by atoms with Crippen molar-refractivity contribution in [2.75, 3.05) is 6.54 Å². The number of fused-ring (bicyclic) bond motifs is 1. The number of nitrogens with zero attached hydrogens (tertiary/aromatic N) is 2. The van der Waals surface area contributed by atoms with Crippen LogP contribution in [0.4, 0.5) is 5.69 Å². The predicted octanol–water partition coefficient (Wildman–Crippen LogP) is 2.74. The molecule has 1 aromatic carbocycles. The Morgan fingerprint density at radius 3 is 2.83 bits per heavy atom. The highest BCUT2D eigenvalue weighted by Crippen LogP contribution is 2.30. The third-order valence-electron chi connectivity index (χ3n) is 3.22. The fourth-order valence-corrected chi connectivity index (χ4v) is 2.29. The van der Waals surface area contributed by atoms with E-state index in [2.05, 4.69) is 6.92 Å². The summed E-state index contributed by atoms with van der Waals surface area (Å²) < 4.78 is 0. The first-order chi connectivity index (χ1) is 8.65. The molecule has 0 aromatic heterocycles. The van der Waals surface area contributed by atoms with Crippen molar-refractivity contribution in [3.05, 3.63) is 39.4 Å². The minimum Gasteiger partial charge on any atom is -0.334 e. The Morgan fingerprint density at radius 1 is 1.39 bits per heavy atom. The average Bonchev–Trinajstić information content (AvgIpc) is 2.67. The monoisotopic (exact) mass is 248 g/mol. The molecule has 0 N–H and O–H groups in total. The van der Waals surface area contributed by atoms with E-state index in [0.29, 0.717) is 13.1 Å². The smallest absolute Gasteiger partial charge is 0.282 e. The summed E-state index contributed by atoms with van der Waals surface area (Å²) in [5.74, 6) is -0.201. The zero-order valence-electron chi connectivity index (χ0n) is 10.4. The Balaban J connectivity index is 2.20. The van der Waals surface area contributed by atoms with Crippen molar-refractivity contribution in [1.29, 1.82) is 0 Å². The molecule has 0 aliphatic carbocycles. The van der Waals surface area contributed by atoms with Gasteiger partial charge in [0.05, 0.1) is 4.92 Å². The maximum Gasteiger partial charge on any atom is 0.282 e. The van der Waals surface area contributed by atoms with Gasteiger partial charge < -0.3 is 4.90 Å². The number of nitro benzene ring substituents is 1. The van der Waals surface area contributed by atoms with Crippen molar-refractivity contribution < 1.29 is 9.72 Å². The first-order valence-corrected chi connectivity index (χ1v) is 6.20. The summed E-state index contributed by atoms with van der Waals surface area (Å²) in [5, 5.41) is 10.9. The molecule has 1 aliphatic rings. The Morgan fingerprint density at radius 2 is 2.17 bits per heavy atom. The molecular formula is C13H16N2O3. The second-order valence-electron chi connectivity index (χ2n) is 4.50. The van der Waals surface area contributed by atoms with Crippen molar-refractivity contribution in [2.45, 2.75) is 32.7 Å². The number of unbranched alkanes of at least 4 members (excludes halogenated alkanes) is 2. The Kier molecular flexibility index (Phi) is 3.60. The van der Waals surface area contributed by atoms with Crippen LogP contribution in [0.1, 0.15) is 42.1 Å². The highest BCUT2D eigenvalue weighted by atomic mass is 16.6. The minimum atomic E-state index is -0.480. The van der Waals surface area contributed by atoms with Crippen LogP contribution in [-0.2, 0) is 6.54 Å². The lowest BCUT2D eigenvalue weighted by atomic mass is 10.1. The number of carbonyl (C=O) groups is 1. The molecule has 0 saturated heterocycles. The highest BCUT2D eigenvalue weighted by molar-refractivity contribution is 6.02. The van der Waals surface area contributed by atoms with E-state index >= 15 is 0 Å². The maximum atomic E-state index is 12.1. The van der Waals surface area contributed by atoms with E-state index in [-0.39, 0.29) is 17.2 Å². The van der Waals surface area contributed by atoms with Gasteiger partial charge in [0.2, 0.25) is 0 Å². The minimum absolute atomic E-state index is 0.0736. The molecule has 0 saturated carbocycles. The number of hydrogen-bond donors (Lipinski definition) is 0. The molecule has 0 bridgehead atoms. The Hall–Kier alpha value is -1.91. The van der Waals surface area contributed by atoms with Crippen LogP contribution in [0.2, 0.25) is 0 Å². The van der Waals surface area contributed by atoms with E-state index in [0.717, 1.165) is 24.8 Å². The standard InChI is InChI=1S/C13H16N2O3/c1-2-3-4-8-14-9-10-6-5-7-11(15(17)18)12(10)13(14)16/h5-7H,2-4,8-9H2,1H3. The second kappa shape index (κ2) is 5.16. The maximum absolute atomic E-state index is 12.1. The molecule has 1 heterocycles. The summed E-state index contributed by atoms with van der Waals surface area (Å²) >= 11 is 0. The summed E-state index contributed by atoms with van der Waals surface area (Å²) in [5.41, 5.74) is 0.972. The van der Waals surface area contributed by atoms with Gasteiger partial charge in [-0.1, -0.05) is 31.9 Å². The molecule has 0 atom stereocenters. The quantitative estimate of drug-likeness (QED) is 0.457. The van der Waals surface area contributed by atoms with Crippen molar-refractivity contribution in [3.63, 3.8) is 0 Å². The van der Waals surface area contributed by atoms with Crippen LogP contribution in [-0.4, -0.2) is 22.3 Å². The number of rotatable bonds is 5. The number of amides is 1. The lowest BCUT2D eigenvalue weighted by molar-refractivity contribution is -0.385. The largest absolute Gasteiger partial charge is 0.334 e. The van der Waals surface area contributed by atoms with Gasteiger partial charge in [0.25, 0.3) is 11.6 Å². The fourth-order valence-electron chi connectivity index (χ4n) is 2.29. The van der Waals surface area contributed by atoms with Gasteiger partial charge in [-0.05, 0) is 12.0 Å². The molecule has 2 rings (SSSR count). The van der Waals surface area contributed by atoms with E-state index in [1.807, 2.05) is 0 Å². The lowest BCUT2D eigenvalue weighted by Crippen LogP contribution is -2.25. The van der Waals surface area contributed by atoms with Gasteiger partial charge in [-0.25, -0.2) is 0 Å². The molecule has 0 radical (unpaired) electrons. The zero-order valence-corrected chi connectivity index (χ0v) is 10.4. The molecule has 5 heteroatoms. The molecule has 1 amide bonds. The SMILES string of the molecule is CCCCCN1Cc2cccc([N+](=O)[O-])c2C1=O. The van der Waals surface area contributed by atoms with Crippen molar-refractivity contribution in [2.24, 2.45) is 0 Å². The van der Waals surface area contributed by atoms with Crippen molar-refractivity contribution in [1.82, 2.24) is 4.90 Å². The molecule has 1 aromatic rings. The Labute approximate surface area is 106 Å². The number of nitro groups is 1. The Bertz CT molecular complexity index is 485. The molecule has 0 unspecified atom stereocenters. The average molecular weight is 248 g/mol. The fraction of sp³-hybridized carbons (Fsp3) is 0.462. The number of benzene rings is 1. The van der Waals surface area contributed by atoms with Gasteiger partial charge >= 0.3 is 0 Å². The molecule has 18 heavy (non-hydrogen) atoms. The highest BCUT2D eigenvalue weighted by Gasteiger charge is 2.33. The molecule has 5 nitrogen and oxygen atoms in total. The van der Waals surface area contributed by atoms with Crippen LogP contribution in [0.5, 0.6) is 0 Å². The van der Waals surface area contributed by atoms with E-state index in [1.54, 1.807) is 17.0 Å². The third kappa shape index (κ3) is 2.20. The first-order valence-electron chi connectivity index (χ1n) is 6.20. The topological polar surface area (TPSA) is 63.4 Å². The van der Waals surface area contributed by atoms with Gasteiger partial charge in [-0.15, -0.1) is 0 Å². The summed E-state index contributed by atoms with van der Waals surface area (Å²) in [6.07, 6.45) is 3.11. The summed E-state index contributed by atoms with van der Waals surface area (Å²) in [6, 6.07) is 4.83. The van der Waals surface area contributed by atoms with Gasteiger partial charge in [0, 0.05) is 19.2 Å². The van der Waals surface area contributed by atoms with Gasteiger partial charge in [-0.3, -0.25) is 14.9 Å². The van der Waals surface area contributed by atoms with Crippen LogP contribution in [0.3, 0.4) is 0 Å². The number of carbonyl (C=O) groups excluding carboxylic acids is 1. The lowest BCUT2D eigenvalue weighted by Gasteiger charge is -2.14. The van der Waals surface area contributed by atoms with E-state index in [4.69, 9.17) is 0 Å². The first kappa shape index (κ1) is 12.5. The number of hydrogen-bond acceptors (Lipinski definition) is 3. The molecule has 0 spiro atoms. The summed E-state index contributed by atoms with van der Waals surface area (Å²) in [6.45, 7) is 3.28. The van der Waals surface area contributed by atoms with E-state index < -0.39 is 4.92 Å². The molecular weight excluding hydrogens is 232 g/mol. The van der Waals surface area contributed by atoms with Crippen LogP contribution >= 0.6 is 0 Å². The van der Waals surface area contributed by atoms with Crippen LogP contribution in [0.15, 0.2) is 18.2 Å².